The number of hydrogen-bond acceptors (Lipinski definition) is 3. The second-order valence-electron chi connectivity index (χ2n) is 4.10. The zero-order valence-electron chi connectivity index (χ0n) is 9.12. The Hall–Kier alpha value is -1.42. The number of aromatic amines is 1. The van der Waals surface area contributed by atoms with Crippen molar-refractivity contribution < 1.29 is 0 Å². The van der Waals surface area contributed by atoms with E-state index in [4.69, 9.17) is 0 Å². The minimum atomic E-state index is 0.663. The highest BCUT2D eigenvalue weighted by Crippen LogP contribution is 2.08. The molecule has 0 atom stereocenters. The molecule has 0 aliphatic rings. The third-order valence-electron chi connectivity index (χ3n) is 2.18. The van der Waals surface area contributed by atoms with E-state index in [2.05, 4.69) is 34.1 Å². The van der Waals surface area contributed by atoms with Crippen LogP contribution in [-0.4, -0.2) is 21.5 Å². The molecule has 0 saturated carbocycles. The Labute approximate surface area is 89.1 Å². The van der Waals surface area contributed by atoms with Crippen LogP contribution in [0, 0.1) is 5.92 Å². The van der Waals surface area contributed by atoms with E-state index in [1.54, 1.807) is 12.4 Å². The Balaban J connectivity index is 2.03. The lowest BCUT2D eigenvalue weighted by atomic mass is 10.2. The molecule has 0 aliphatic heterocycles. The van der Waals surface area contributed by atoms with Crippen LogP contribution in [0.5, 0.6) is 0 Å². The molecular formula is C11H16N4. The van der Waals surface area contributed by atoms with Crippen LogP contribution in [0.25, 0.3) is 11.0 Å². The van der Waals surface area contributed by atoms with E-state index < -0.39 is 0 Å². The third-order valence-corrected chi connectivity index (χ3v) is 2.18. The molecule has 2 heterocycles. The fourth-order valence-corrected chi connectivity index (χ4v) is 1.47. The molecule has 0 radical (unpaired) electrons. The number of aromatic nitrogens is 3. The van der Waals surface area contributed by atoms with E-state index in [1.807, 2.05) is 6.07 Å². The highest BCUT2D eigenvalue weighted by molar-refractivity contribution is 5.73. The molecule has 0 unspecified atom stereocenters. The van der Waals surface area contributed by atoms with E-state index in [-0.39, 0.29) is 0 Å². The highest BCUT2D eigenvalue weighted by Gasteiger charge is 2.01. The minimum absolute atomic E-state index is 0.663. The fraction of sp³-hybridized carbons (Fsp3) is 0.455. The van der Waals surface area contributed by atoms with E-state index in [0.717, 1.165) is 29.9 Å². The Morgan fingerprint density at radius 1 is 1.47 bits per heavy atom. The van der Waals surface area contributed by atoms with Crippen LogP contribution in [-0.2, 0) is 6.54 Å². The predicted molar refractivity (Wildman–Crippen MR) is 60.4 cm³/mol. The van der Waals surface area contributed by atoms with Crippen molar-refractivity contribution in [2.45, 2.75) is 20.4 Å². The van der Waals surface area contributed by atoms with Gasteiger partial charge in [-0.15, -0.1) is 0 Å². The Morgan fingerprint density at radius 3 is 3.07 bits per heavy atom. The summed E-state index contributed by atoms with van der Waals surface area (Å²) in [5, 5.41) is 3.35. The molecule has 2 aromatic heterocycles. The first-order valence-electron chi connectivity index (χ1n) is 5.25. The van der Waals surface area contributed by atoms with Gasteiger partial charge < -0.3 is 10.3 Å². The molecule has 4 nitrogen and oxygen atoms in total. The molecule has 0 fully saturated rings. The first-order chi connectivity index (χ1) is 7.25. The van der Waals surface area contributed by atoms with Crippen LogP contribution in [0.1, 0.15) is 19.7 Å². The lowest BCUT2D eigenvalue weighted by Gasteiger charge is -2.04. The number of nitrogens with one attached hydrogen (secondary N) is 2. The number of rotatable bonds is 4. The molecule has 0 saturated heterocycles. The standard InChI is InChI=1S/C11H16N4/c1-8(2)5-13-7-11-14-9-3-4-12-6-10(9)15-11/h3-4,6,8,13H,5,7H2,1-2H3,(H,14,15). The van der Waals surface area contributed by atoms with Gasteiger partial charge in [0.2, 0.25) is 0 Å². The molecule has 0 aliphatic carbocycles. The molecule has 2 N–H and O–H groups in total. The summed E-state index contributed by atoms with van der Waals surface area (Å²) in [5.41, 5.74) is 1.98. The van der Waals surface area contributed by atoms with Gasteiger partial charge in [-0.3, -0.25) is 4.98 Å². The molecule has 0 spiro atoms. The van der Waals surface area contributed by atoms with Crippen molar-refractivity contribution in [2.75, 3.05) is 6.54 Å². The highest BCUT2D eigenvalue weighted by atomic mass is 15.0. The number of fused-ring (bicyclic) bond motifs is 1. The zero-order valence-corrected chi connectivity index (χ0v) is 9.12. The van der Waals surface area contributed by atoms with Gasteiger partial charge in [-0.05, 0) is 18.5 Å². The summed E-state index contributed by atoms with van der Waals surface area (Å²) in [6.45, 7) is 6.17. The van der Waals surface area contributed by atoms with Crippen molar-refractivity contribution in [3.05, 3.63) is 24.3 Å². The van der Waals surface area contributed by atoms with Gasteiger partial charge >= 0.3 is 0 Å². The maximum Gasteiger partial charge on any atom is 0.121 e. The van der Waals surface area contributed by atoms with Gasteiger partial charge in [0.05, 0.1) is 23.8 Å². The quantitative estimate of drug-likeness (QED) is 0.797. The van der Waals surface area contributed by atoms with Crippen molar-refractivity contribution in [3.8, 4) is 0 Å². The molecule has 80 valence electrons. The number of hydrogen-bond donors (Lipinski definition) is 2. The second-order valence-corrected chi connectivity index (χ2v) is 4.10. The summed E-state index contributed by atoms with van der Waals surface area (Å²) in [6, 6.07) is 1.91. The summed E-state index contributed by atoms with van der Waals surface area (Å²) in [7, 11) is 0. The minimum Gasteiger partial charge on any atom is -0.340 e. The average Bonchev–Trinajstić information content (AvgIpc) is 2.59. The fourth-order valence-electron chi connectivity index (χ4n) is 1.47. The van der Waals surface area contributed by atoms with Crippen LogP contribution in [0.2, 0.25) is 0 Å². The van der Waals surface area contributed by atoms with Crippen LogP contribution in [0.15, 0.2) is 18.5 Å². The van der Waals surface area contributed by atoms with Gasteiger partial charge in [-0.1, -0.05) is 13.8 Å². The van der Waals surface area contributed by atoms with Gasteiger partial charge in [-0.25, -0.2) is 4.98 Å². The summed E-state index contributed by atoms with van der Waals surface area (Å²) in [4.78, 5) is 11.7. The lowest BCUT2D eigenvalue weighted by Crippen LogP contribution is -2.19. The number of H-pyrrole nitrogens is 1. The molecule has 0 aromatic carbocycles. The summed E-state index contributed by atoms with van der Waals surface area (Å²) < 4.78 is 0. The maximum atomic E-state index is 4.45. The molecule has 15 heavy (non-hydrogen) atoms. The second kappa shape index (κ2) is 4.40. The monoisotopic (exact) mass is 204 g/mol. The lowest BCUT2D eigenvalue weighted by molar-refractivity contribution is 0.545. The van der Waals surface area contributed by atoms with Crippen LogP contribution in [0.3, 0.4) is 0 Å². The first kappa shape index (κ1) is 10.1. The van der Waals surface area contributed by atoms with E-state index in [1.165, 1.54) is 0 Å². The summed E-state index contributed by atoms with van der Waals surface area (Å²) >= 11 is 0. The molecule has 2 aromatic rings. The Morgan fingerprint density at radius 2 is 2.33 bits per heavy atom. The Bertz CT molecular complexity index is 400. The Kier molecular flexibility index (Phi) is 2.97. The van der Waals surface area contributed by atoms with Crippen LogP contribution in [0.4, 0.5) is 0 Å². The smallest absolute Gasteiger partial charge is 0.121 e. The predicted octanol–water partition coefficient (Wildman–Crippen LogP) is 1.70. The largest absolute Gasteiger partial charge is 0.340 e. The van der Waals surface area contributed by atoms with Crippen LogP contribution >= 0.6 is 0 Å². The number of nitrogens with zero attached hydrogens (tertiary/aromatic N) is 2. The van der Waals surface area contributed by atoms with Gasteiger partial charge in [0, 0.05) is 6.20 Å². The van der Waals surface area contributed by atoms with Crippen LogP contribution < -0.4 is 5.32 Å². The van der Waals surface area contributed by atoms with Crippen molar-refractivity contribution in [1.82, 2.24) is 20.3 Å². The number of imidazole rings is 1. The average molecular weight is 204 g/mol. The zero-order chi connectivity index (χ0) is 10.7. The van der Waals surface area contributed by atoms with Crippen molar-refractivity contribution in [2.24, 2.45) is 5.92 Å². The van der Waals surface area contributed by atoms with Crippen molar-refractivity contribution in [1.29, 1.82) is 0 Å². The molecule has 2 rings (SSSR count). The number of pyridine rings is 1. The van der Waals surface area contributed by atoms with Gasteiger partial charge in [0.15, 0.2) is 0 Å². The van der Waals surface area contributed by atoms with E-state index in [9.17, 15) is 0 Å². The normalized spacial score (nSPS) is 11.4. The molecule has 4 heteroatoms. The molecule has 0 amide bonds. The van der Waals surface area contributed by atoms with E-state index in [0.29, 0.717) is 5.92 Å². The van der Waals surface area contributed by atoms with Gasteiger partial charge in [0.1, 0.15) is 5.82 Å². The maximum absolute atomic E-state index is 4.45. The molecule has 0 bridgehead atoms. The van der Waals surface area contributed by atoms with E-state index >= 15 is 0 Å². The van der Waals surface area contributed by atoms with Gasteiger partial charge in [-0.2, -0.15) is 0 Å². The van der Waals surface area contributed by atoms with Gasteiger partial charge in [0.25, 0.3) is 0 Å². The SMILES string of the molecule is CC(C)CNCc1nc2ccncc2[nH]1. The first-order valence-corrected chi connectivity index (χ1v) is 5.25. The topological polar surface area (TPSA) is 53.6 Å². The van der Waals surface area contributed by atoms with Crippen molar-refractivity contribution >= 4 is 11.0 Å². The molecular weight excluding hydrogens is 188 g/mol. The van der Waals surface area contributed by atoms with Crippen molar-refractivity contribution in [3.63, 3.8) is 0 Å². The summed E-state index contributed by atoms with van der Waals surface area (Å²) in [5.74, 6) is 1.63. The summed E-state index contributed by atoms with van der Waals surface area (Å²) in [6.07, 6.45) is 3.56. The third kappa shape index (κ3) is 2.53.